The molecule has 132 valence electrons. The van der Waals surface area contributed by atoms with Gasteiger partial charge in [0.1, 0.15) is 12.4 Å². The number of thiocarbonyl (C=S) groups is 1. The summed E-state index contributed by atoms with van der Waals surface area (Å²) < 4.78 is 5.87. The number of rotatable bonds is 5. The number of anilines is 1. The van der Waals surface area contributed by atoms with E-state index < -0.39 is 0 Å². The first kappa shape index (κ1) is 18.4. The Balaban J connectivity index is 1.78. The van der Waals surface area contributed by atoms with E-state index in [0.29, 0.717) is 15.0 Å². The van der Waals surface area contributed by atoms with Crippen LogP contribution >= 0.6 is 24.0 Å². The van der Waals surface area contributed by atoms with Gasteiger partial charge in [0.15, 0.2) is 10.1 Å². The van der Waals surface area contributed by atoms with E-state index in [1.165, 1.54) is 18.7 Å². The van der Waals surface area contributed by atoms with E-state index in [1.54, 1.807) is 17.0 Å². The normalized spacial score (nSPS) is 15.6. The summed E-state index contributed by atoms with van der Waals surface area (Å²) in [6.07, 6.45) is 1.81. The Morgan fingerprint density at radius 3 is 2.62 bits per heavy atom. The van der Waals surface area contributed by atoms with Gasteiger partial charge in [-0.3, -0.25) is 14.5 Å². The lowest BCUT2D eigenvalue weighted by atomic mass is 10.2. The molecule has 26 heavy (non-hydrogen) atoms. The maximum Gasteiger partial charge on any atom is 0.270 e. The molecule has 0 aliphatic carbocycles. The van der Waals surface area contributed by atoms with Crippen LogP contribution in [-0.2, 0) is 9.59 Å². The number of hydrogen-bond donors (Lipinski definition) is 0. The van der Waals surface area contributed by atoms with Gasteiger partial charge >= 0.3 is 0 Å². The highest BCUT2D eigenvalue weighted by atomic mass is 32.2. The van der Waals surface area contributed by atoms with E-state index in [4.69, 9.17) is 17.0 Å². The Kier molecular flexibility index (Phi) is 5.54. The Hall–Kier alpha value is -2.44. The van der Waals surface area contributed by atoms with E-state index in [0.717, 1.165) is 16.8 Å². The minimum Gasteiger partial charge on any atom is -0.486 e. The summed E-state index contributed by atoms with van der Waals surface area (Å²) in [5.74, 6) is 0.459. The molecule has 1 heterocycles. The highest BCUT2D eigenvalue weighted by Gasteiger charge is 2.33. The number of thioether (sulfide) groups is 1. The van der Waals surface area contributed by atoms with Crippen molar-refractivity contribution in [2.24, 2.45) is 0 Å². The predicted molar refractivity (Wildman–Crippen MR) is 109 cm³/mol. The van der Waals surface area contributed by atoms with Crippen LogP contribution in [0, 0.1) is 6.92 Å². The number of Topliss-reactive ketones (excluding diaryl/α,β-unsaturated/α-hetero) is 1. The van der Waals surface area contributed by atoms with Gasteiger partial charge in [0.2, 0.25) is 0 Å². The van der Waals surface area contributed by atoms with E-state index in [9.17, 15) is 9.59 Å². The lowest BCUT2D eigenvalue weighted by Crippen LogP contribution is -2.27. The molecule has 0 unspecified atom stereocenters. The predicted octanol–water partition coefficient (Wildman–Crippen LogP) is 4.37. The number of amides is 1. The minimum absolute atomic E-state index is 0.0334. The van der Waals surface area contributed by atoms with Gasteiger partial charge < -0.3 is 4.74 Å². The number of ether oxygens (including phenoxy) is 1. The smallest absolute Gasteiger partial charge is 0.270 e. The number of nitrogens with zero attached hydrogens (tertiary/aromatic N) is 1. The number of carbonyl (C=O) groups is 2. The topological polar surface area (TPSA) is 46.6 Å². The van der Waals surface area contributed by atoms with Crippen LogP contribution < -0.4 is 9.64 Å². The highest BCUT2D eigenvalue weighted by molar-refractivity contribution is 8.27. The van der Waals surface area contributed by atoms with Crippen LogP contribution in [0.25, 0.3) is 6.08 Å². The minimum atomic E-state index is -0.123. The quantitative estimate of drug-likeness (QED) is 0.567. The molecule has 3 rings (SSSR count). The fraction of sp³-hybridized carbons (Fsp3) is 0.150. The van der Waals surface area contributed by atoms with Crippen molar-refractivity contribution in [1.82, 2.24) is 0 Å². The molecular weight excluding hydrogens is 366 g/mol. The van der Waals surface area contributed by atoms with Crippen LogP contribution in [0.3, 0.4) is 0 Å². The average molecular weight is 383 g/mol. The van der Waals surface area contributed by atoms with Gasteiger partial charge in [-0.05, 0) is 55.3 Å². The molecule has 1 aliphatic heterocycles. The summed E-state index contributed by atoms with van der Waals surface area (Å²) in [5, 5.41) is 0. The van der Waals surface area contributed by atoms with Crippen molar-refractivity contribution in [2.75, 3.05) is 11.5 Å². The number of carbonyl (C=O) groups excluding carboxylic acids is 2. The van der Waals surface area contributed by atoms with Crippen molar-refractivity contribution in [3.8, 4) is 5.75 Å². The second-order valence-electron chi connectivity index (χ2n) is 5.92. The van der Waals surface area contributed by atoms with Crippen LogP contribution in [0.15, 0.2) is 53.4 Å². The van der Waals surface area contributed by atoms with Crippen molar-refractivity contribution in [3.63, 3.8) is 0 Å². The number of aryl methyl sites for hydroxylation is 1. The average Bonchev–Trinajstić information content (AvgIpc) is 2.88. The molecule has 0 N–H and O–H groups in total. The summed E-state index contributed by atoms with van der Waals surface area (Å²) in [6.45, 7) is 3.51. The van der Waals surface area contributed by atoms with Crippen LogP contribution in [-0.4, -0.2) is 22.6 Å². The Bertz CT molecular complexity index is 904. The molecule has 4 nitrogen and oxygen atoms in total. The SMILES string of the molecule is CC(=O)COc1ccc(/C=C2\SC(=S)N(c3cccc(C)c3)C2=O)cc1. The van der Waals surface area contributed by atoms with Crippen molar-refractivity contribution in [3.05, 3.63) is 64.6 Å². The van der Waals surface area contributed by atoms with Crippen molar-refractivity contribution in [1.29, 1.82) is 0 Å². The summed E-state index contributed by atoms with van der Waals surface area (Å²) in [4.78, 5) is 25.9. The van der Waals surface area contributed by atoms with Crippen LogP contribution in [0.5, 0.6) is 5.75 Å². The lowest BCUT2D eigenvalue weighted by Gasteiger charge is -2.14. The van der Waals surface area contributed by atoms with Crippen molar-refractivity contribution >= 4 is 51.8 Å². The molecule has 0 bridgehead atoms. The van der Waals surface area contributed by atoms with E-state index >= 15 is 0 Å². The molecule has 0 aromatic heterocycles. The van der Waals surface area contributed by atoms with E-state index in [2.05, 4.69) is 0 Å². The zero-order valence-electron chi connectivity index (χ0n) is 14.4. The van der Waals surface area contributed by atoms with Crippen molar-refractivity contribution in [2.45, 2.75) is 13.8 Å². The molecule has 1 aliphatic rings. The first-order valence-corrected chi connectivity index (χ1v) is 9.23. The molecule has 2 aromatic rings. The molecule has 1 fully saturated rings. The fourth-order valence-electron chi connectivity index (χ4n) is 2.45. The first-order chi connectivity index (χ1) is 12.4. The van der Waals surface area contributed by atoms with Gasteiger partial charge in [0, 0.05) is 0 Å². The van der Waals surface area contributed by atoms with Gasteiger partial charge in [-0.1, -0.05) is 48.2 Å². The first-order valence-electron chi connectivity index (χ1n) is 8.01. The maximum absolute atomic E-state index is 12.8. The zero-order valence-corrected chi connectivity index (χ0v) is 16.0. The summed E-state index contributed by atoms with van der Waals surface area (Å²) in [5.41, 5.74) is 2.72. The molecule has 6 heteroatoms. The highest BCUT2D eigenvalue weighted by Crippen LogP contribution is 2.36. The molecular formula is C20H17NO3S2. The van der Waals surface area contributed by atoms with Gasteiger partial charge in [0.05, 0.1) is 10.6 Å². The van der Waals surface area contributed by atoms with Crippen molar-refractivity contribution < 1.29 is 14.3 Å². The molecule has 0 saturated carbocycles. The molecule has 1 amide bonds. The summed E-state index contributed by atoms with van der Waals surface area (Å²) in [7, 11) is 0. The third kappa shape index (κ3) is 4.20. The Labute approximate surface area is 161 Å². The fourth-order valence-corrected chi connectivity index (χ4v) is 3.75. The standard InChI is InChI=1S/C20H17NO3S2/c1-13-4-3-5-16(10-13)21-19(23)18(26-20(21)25)11-15-6-8-17(9-7-15)24-12-14(2)22/h3-11H,12H2,1-2H3/b18-11-. The largest absolute Gasteiger partial charge is 0.486 e. The summed E-state index contributed by atoms with van der Waals surface area (Å²) in [6, 6.07) is 14.9. The van der Waals surface area contributed by atoms with E-state index in [1.807, 2.05) is 49.4 Å². The van der Waals surface area contributed by atoms with Crippen LogP contribution in [0.4, 0.5) is 5.69 Å². The molecule has 0 radical (unpaired) electrons. The van der Waals surface area contributed by atoms with Gasteiger partial charge in [0.25, 0.3) is 5.91 Å². The Morgan fingerprint density at radius 2 is 1.96 bits per heavy atom. The lowest BCUT2D eigenvalue weighted by molar-refractivity contribution is -0.119. The molecule has 1 saturated heterocycles. The monoisotopic (exact) mass is 383 g/mol. The van der Waals surface area contributed by atoms with Crippen LogP contribution in [0.2, 0.25) is 0 Å². The zero-order chi connectivity index (χ0) is 18.7. The van der Waals surface area contributed by atoms with Gasteiger partial charge in [-0.2, -0.15) is 0 Å². The third-order valence-corrected chi connectivity index (χ3v) is 4.98. The Morgan fingerprint density at radius 1 is 1.23 bits per heavy atom. The number of ketones is 1. The van der Waals surface area contributed by atoms with E-state index in [-0.39, 0.29) is 18.3 Å². The number of hydrogen-bond acceptors (Lipinski definition) is 5. The van der Waals surface area contributed by atoms with Gasteiger partial charge in [-0.25, -0.2) is 0 Å². The summed E-state index contributed by atoms with van der Waals surface area (Å²) >= 11 is 6.68. The third-order valence-electron chi connectivity index (χ3n) is 3.67. The molecule has 0 spiro atoms. The van der Waals surface area contributed by atoms with Crippen LogP contribution in [0.1, 0.15) is 18.1 Å². The van der Waals surface area contributed by atoms with Gasteiger partial charge in [-0.15, -0.1) is 0 Å². The molecule has 2 aromatic carbocycles. The second kappa shape index (κ2) is 7.85. The second-order valence-corrected chi connectivity index (χ2v) is 7.59. The number of benzene rings is 2. The molecule has 0 atom stereocenters. The maximum atomic E-state index is 12.8.